The van der Waals surface area contributed by atoms with Gasteiger partial charge in [0.25, 0.3) is 0 Å². The zero-order valence-electron chi connectivity index (χ0n) is 11.3. The van der Waals surface area contributed by atoms with E-state index in [-0.39, 0.29) is 11.9 Å². The molecule has 1 heterocycles. The minimum Gasteiger partial charge on any atom is -0.324 e. The van der Waals surface area contributed by atoms with E-state index in [4.69, 9.17) is 5.73 Å². The Labute approximate surface area is 117 Å². The van der Waals surface area contributed by atoms with Crippen LogP contribution in [0.2, 0.25) is 0 Å². The maximum absolute atomic E-state index is 13.3. The van der Waals surface area contributed by atoms with Gasteiger partial charge in [0.1, 0.15) is 10.8 Å². The first kappa shape index (κ1) is 14.0. The number of hydrogen-bond acceptors (Lipinski definition) is 3. The Bertz CT molecular complexity index is 576. The van der Waals surface area contributed by atoms with Crippen molar-refractivity contribution in [3.63, 3.8) is 0 Å². The van der Waals surface area contributed by atoms with Crippen molar-refractivity contribution in [2.24, 2.45) is 5.73 Å². The van der Waals surface area contributed by atoms with Crippen LogP contribution in [0, 0.1) is 19.7 Å². The summed E-state index contributed by atoms with van der Waals surface area (Å²) in [5, 5.41) is 0.908. The summed E-state index contributed by atoms with van der Waals surface area (Å²) in [6.45, 7) is 5.86. The van der Waals surface area contributed by atoms with E-state index in [1.807, 2.05) is 32.9 Å². The third kappa shape index (κ3) is 3.55. The summed E-state index contributed by atoms with van der Waals surface area (Å²) in [5.41, 5.74) is 8.85. The van der Waals surface area contributed by atoms with Gasteiger partial charge < -0.3 is 5.73 Å². The normalized spacial score (nSPS) is 12.5. The van der Waals surface area contributed by atoms with E-state index in [0.29, 0.717) is 0 Å². The summed E-state index contributed by atoms with van der Waals surface area (Å²) in [7, 11) is 0. The standard InChI is InChI=1S/C15H17FN2S/c1-9-6-10(2)18-15(7-9)19-14-5-4-12(16)8-13(14)11(3)17/h4-8,11H,17H2,1-3H3. The largest absolute Gasteiger partial charge is 0.324 e. The van der Waals surface area contributed by atoms with E-state index in [9.17, 15) is 4.39 Å². The van der Waals surface area contributed by atoms with Gasteiger partial charge in [-0.3, -0.25) is 0 Å². The third-order valence-electron chi connectivity index (χ3n) is 2.75. The fraction of sp³-hybridized carbons (Fsp3) is 0.267. The molecule has 2 nitrogen and oxygen atoms in total. The van der Waals surface area contributed by atoms with Crippen molar-refractivity contribution in [3.8, 4) is 0 Å². The maximum Gasteiger partial charge on any atom is 0.123 e. The molecule has 2 rings (SSSR count). The van der Waals surface area contributed by atoms with Crippen LogP contribution >= 0.6 is 11.8 Å². The zero-order chi connectivity index (χ0) is 14.0. The molecule has 1 aromatic carbocycles. The molecule has 1 aromatic heterocycles. The molecule has 4 heteroatoms. The highest BCUT2D eigenvalue weighted by Crippen LogP contribution is 2.32. The first-order valence-corrected chi connectivity index (χ1v) is 6.95. The monoisotopic (exact) mass is 276 g/mol. The van der Waals surface area contributed by atoms with Crippen molar-refractivity contribution in [1.29, 1.82) is 0 Å². The van der Waals surface area contributed by atoms with Crippen LogP contribution in [0.25, 0.3) is 0 Å². The molecular formula is C15H17FN2S. The van der Waals surface area contributed by atoms with Gasteiger partial charge in [0.2, 0.25) is 0 Å². The number of aryl methyl sites for hydroxylation is 2. The molecular weight excluding hydrogens is 259 g/mol. The summed E-state index contributed by atoms with van der Waals surface area (Å²) in [5.74, 6) is -0.259. The van der Waals surface area contributed by atoms with Crippen molar-refractivity contribution in [3.05, 3.63) is 53.0 Å². The number of benzene rings is 1. The fourth-order valence-corrected chi connectivity index (χ4v) is 3.10. The number of aromatic nitrogens is 1. The highest BCUT2D eigenvalue weighted by molar-refractivity contribution is 7.99. The average Bonchev–Trinajstić information content (AvgIpc) is 2.30. The van der Waals surface area contributed by atoms with Crippen molar-refractivity contribution in [1.82, 2.24) is 4.98 Å². The summed E-state index contributed by atoms with van der Waals surface area (Å²) in [6, 6.07) is 8.56. The third-order valence-corrected chi connectivity index (χ3v) is 3.76. The Hall–Kier alpha value is -1.39. The number of hydrogen-bond donors (Lipinski definition) is 1. The molecule has 0 fully saturated rings. The van der Waals surface area contributed by atoms with Crippen LogP contribution < -0.4 is 5.73 Å². The Morgan fingerprint density at radius 3 is 2.58 bits per heavy atom. The Balaban J connectivity index is 2.37. The minimum absolute atomic E-state index is 0.205. The van der Waals surface area contributed by atoms with Gasteiger partial charge in [-0.2, -0.15) is 0 Å². The van der Waals surface area contributed by atoms with Crippen LogP contribution in [0.4, 0.5) is 4.39 Å². The Morgan fingerprint density at radius 2 is 1.95 bits per heavy atom. The summed E-state index contributed by atoms with van der Waals surface area (Å²) >= 11 is 1.52. The van der Waals surface area contributed by atoms with Gasteiger partial charge in [-0.15, -0.1) is 0 Å². The zero-order valence-corrected chi connectivity index (χ0v) is 12.1. The Morgan fingerprint density at radius 1 is 1.21 bits per heavy atom. The van der Waals surface area contributed by atoms with Gasteiger partial charge in [-0.25, -0.2) is 9.37 Å². The molecule has 0 aliphatic rings. The van der Waals surface area contributed by atoms with E-state index in [0.717, 1.165) is 21.2 Å². The molecule has 19 heavy (non-hydrogen) atoms. The fourth-order valence-electron chi connectivity index (χ4n) is 1.94. The molecule has 0 radical (unpaired) electrons. The van der Waals surface area contributed by atoms with Crippen molar-refractivity contribution < 1.29 is 4.39 Å². The van der Waals surface area contributed by atoms with E-state index in [1.165, 1.54) is 29.5 Å². The quantitative estimate of drug-likeness (QED) is 0.920. The van der Waals surface area contributed by atoms with Crippen LogP contribution in [0.1, 0.15) is 29.8 Å². The molecule has 0 aliphatic carbocycles. The second kappa shape index (κ2) is 5.72. The van der Waals surface area contributed by atoms with E-state index in [1.54, 1.807) is 6.07 Å². The highest BCUT2D eigenvalue weighted by atomic mass is 32.2. The van der Waals surface area contributed by atoms with Gasteiger partial charge >= 0.3 is 0 Å². The van der Waals surface area contributed by atoms with Gasteiger partial charge in [-0.1, -0.05) is 11.8 Å². The molecule has 0 spiro atoms. The lowest BCUT2D eigenvalue weighted by Gasteiger charge is -2.12. The predicted molar refractivity (Wildman–Crippen MR) is 76.8 cm³/mol. The maximum atomic E-state index is 13.3. The van der Waals surface area contributed by atoms with Gasteiger partial charge in [0.15, 0.2) is 0 Å². The van der Waals surface area contributed by atoms with Crippen LogP contribution in [0.3, 0.4) is 0 Å². The molecule has 0 aliphatic heterocycles. The SMILES string of the molecule is Cc1cc(C)nc(Sc2ccc(F)cc2C(C)N)c1. The van der Waals surface area contributed by atoms with E-state index < -0.39 is 0 Å². The second-order valence-corrected chi connectivity index (χ2v) is 5.76. The minimum atomic E-state index is -0.259. The summed E-state index contributed by atoms with van der Waals surface area (Å²) in [4.78, 5) is 5.43. The lowest BCUT2D eigenvalue weighted by Crippen LogP contribution is -2.07. The second-order valence-electron chi connectivity index (χ2n) is 4.70. The van der Waals surface area contributed by atoms with Crippen molar-refractivity contribution >= 4 is 11.8 Å². The number of halogens is 1. The summed E-state index contributed by atoms with van der Waals surface area (Å²) in [6.07, 6.45) is 0. The lowest BCUT2D eigenvalue weighted by molar-refractivity contribution is 0.619. The van der Waals surface area contributed by atoms with Gasteiger partial charge in [0.05, 0.1) is 0 Å². The average molecular weight is 276 g/mol. The van der Waals surface area contributed by atoms with Crippen LogP contribution in [0.15, 0.2) is 40.3 Å². The number of rotatable bonds is 3. The number of pyridine rings is 1. The van der Waals surface area contributed by atoms with E-state index >= 15 is 0 Å². The van der Waals surface area contributed by atoms with Crippen molar-refractivity contribution in [2.45, 2.75) is 36.7 Å². The number of nitrogens with zero attached hydrogens (tertiary/aromatic N) is 1. The molecule has 0 saturated carbocycles. The first-order chi connectivity index (χ1) is 8.95. The van der Waals surface area contributed by atoms with Crippen LogP contribution in [0.5, 0.6) is 0 Å². The number of nitrogens with two attached hydrogens (primary N) is 1. The van der Waals surface area contributed by atoms with Crippen LogP contribution in [-0.4, -0.2) is 4.98 Å². The van der Waals surface area contributed by atoms with Crippen molar-refractivity contribution in [2.75, 3.05) is 0 Å². The Kier molecular flexibility index (Phi) is 4.22. The van der Waals surface area contributed by atoms with E-state index in [2.05, 4.69) is 4.98 Å². The van der Waals surface area contributed by atoms with Gasteiger partial charge in [-0.05, 0) is 62.2 Å². The summed E-state index contributed by atoms with van der Waals surface area (Å²) < 4.78 is 13.3. The smallest absolute Gasteiger partial charge is 0.123 e. The molecule has 1 atom stereocenters. The molecule has 0 bridgehead atoms. The van der Waals surface area contributed by atoms with Crippen LogP contribution in [-0.2, 0) is 0 Å². The topological polar surface area (TPSA) is 38.9 Å². The molecule has 0 amide bonds. The predicted octanol–water partition coefficient (Wildman–Crippen LogP) is 4.01. The lowest BCUT2D eigenvalue weighted by atomic mass is 10.1. The molecule has 2 aromatic rings. The molecule has 1 unspecified atom stereocenters. The first-order valence-electron chi connectivity index (χ1n) is 6.14. The molecule has 0 saturated heterocycles. The molecule has 100 valence electrons. The molecule has 2 N–H and O–H groups in total. The highest BCUT2D eigenvalue weighted by Gasteiger charge is 2.10. The van der Waals surface area contributed by atoms with Gasteiger partial charge in [0, 0.05) is 16.6 Å².